The molecule has 4 rings (SSSR count). The van der Waals surface area contributed by atoms with Crippen molar-refractivity contribution >= 4 is 23.0 Å². The molecule has 4 aromatic rings. The Morgan fingerprint density at radius 2 is 1.62 bits per heavy atom. The molecule has 0 saturated heterocycles. The summed E-state index contributed by atoms with van der Waals surface area (Å²) in [7, 11) is 1.32. The van der Waals surface area contributed by atoms with Crippen molar-refractivity contribution in [3.63, 3.8) is 0 Å². The van der Waals surface area contributed by atoms with Gasteiger partial charge in [0.05, 0.1) is 18.4 Å². The fourth-order valence-electron chi connectivity index (χ4n) is 3.54. The number of pyridine rings is 1. The van der Waals surface area contributed by atoms with Gasteiger partial charge in [0, 0.05) is 17.1 Å². The highest BCUT2D eigenvalue weighted by Gasteiger charge is 2.23. The van der Waals surface area contributed by atoms with Crippen LogP contribution in [-0.2, 0) is 16.1 Å². The molecule has 0 radical (unpaired) electrons. The number of carboxylic acids is 1. The van der Waals surface area contributed by atoms with Crippen LogP contribution in [0.2, 0.25) is 0 Å². The number of fused-ring (bicyclic) bond motifs is 1. The highest BCUT2D eigenvalue weighted by Crippen LogP contribution is 2.40. The second-order valence-corrected chi connectivity index (χ2v) is 6.52. The second kappa shape index (κ2) is 7.59. The van der Waals surface area contributed by atoms with E-state index in [-0.39, 0.29) is 6.54 Å². The summed E-state index contributed by atoms with van der Waals surface area (Å²) in [6, 6.07) is 20.9. The zero-order valence-corrected chi connectivity index (χ0v) is 15.7. The fourth-order valence-corrected chi connectivity index (χ4v) is 3.54. The first-order chi connectivity index (χ1) is 14.1. The van der Waals surface area contributed by atoms with Gasteiger partial charge in [0.2, 0.25) is 0 Å². The molecule has 0 spiro atoms. The van der Waals surface area contributed by atoms with Crippen LogP contribution in [0.4, 0.5) is 0 Å². The summed E-state index contributed by atoms with van der Waals surface area (Å²) < 4.78 is 6.51. The zero-order valence-electron chi connectivity index (χ0n) is 15.7. The number of hydrogen-bond donors (Lipinski definition) is 1. The molecular formula is C23H18N2O4. The third kappa shape index (κ3) is 3.36. The van der Waals surface area contributed by atoms with E-state index < -0.39 is 11.9 Å². The van der Waals surface area contributed by atoms with Crippen molar-refractivity contribution in [2.24, 2.45) is 0 Å². The number of methoxy groups -OCH3 is 1. The number of benzene rings is 2. The molecule has 6 heteroatoms. The van der Waals surface area contributed by atoms with Crippen molar-refractivity contribution in [1.29, 1.82) is 0 Å². The molecule has 0 unspecified atom stereocenters. The third-order valence-corrected chi connectivity index (χ3v) is 4.72. The van der Waals surface area contributed by atoms with Gasteiger partial charge in [-0.2, -0.15) is 0 Å². The van der Waals surface area contributed by atoms with E-state index in [2.05, 4.69) is 4.98 Å². The summed E-state index contributed by atoms with van der Waals surface area (Å²) in [6.45, 7) is -0.252. The van der Waals surface area contributed by atoms with Crippen LogP contribution in [-0.4, -0.2) is 33.7 Å². The molecule has 0 aliphatic heterocycles. The molecule has 29 heavy (non-hydrogen) atoms. The predicted octanol–water partition coefficient (Wildman–Crippen LogP) is 4.24. The maximum absolute atomic E-state index is 12.1. The lowest BCUT2D eigenvalue weighted by Crippen LogP contribution is -2.11. The number of hydrogen-bond acceptors (Lipinski definition) is 4. The normalized spacial score (nSPS) is 10.8. The van der Waals surface area contributed by atoms with Gasteiger partial charge in [0.15, 0.2) is 0 Å². The molecule has 0 fully saturated rings. The van der Waals surface area contributed by atoms with Crippen molar-refractivity contribution in [2.75, 3.05) is 7.11 Å². The first-order valence-electron chi connectivity index (χ1n) is 9.03. The highest BCUT2D eigenvalue weighted by molar-refractivity contribution is 6.06. The summed E-state index contributed by atoms with van der Waals surface area (Å²) in [5.74, 6) is -1.47. The maximum Gasteiger partial charge on any atom is 0.339 e. The fraction of sp³-hybridized carbons (Fsp3) is 0.0870. The number of rotatable bonds is 5. The number of ether oxygens (including phenoxy) is 1. The smallest absolute Gasteiger partial charge is 0.339 e. The van der Waals surface area contributed by atoms with Crippen LogP contribution in [0.3, 0.4) is 0 Å². The van der Waals surface area contributed by atoms with Crippen molar-refractivity contribution in [3.05, 3.63) is 78.5 Å². The Hall–Kier alpha value is -3.93. The molecule has 0 aliphatic rings. The monoisotopic (exact) mass is 386 g/mol. The minimum Gasteiger partial charge on any atom is -0.480 e. The number of carboxylic acid groups (broad SMARTS) is 1. The van der Waals surface area contributed by atoms with Gasteiger partial charge in [0.1, 0.15) is 12.2 Å². The van der Waals surface area contributed by atoms with E-state index in [0.717, 1.165) is 22.4 Å². The van der Waals surface area contributed by atoms with E-state index in [1.807, 2.05) is 60.7 Å². The standard InChI is InChI=1S/C23H18N2O4/c1-29-23(28)17-12-18-20(15-8-4-2-5-9-15)21(16-10-6-3-7-11-16)25(14-19(26)27)22(18)24-13-17/h2-13H,14H2,1H3,(H,26,27). The summed E-state index contributed by atoms with van der Waals surface area (Å²) in [6.07, 6.45) is 1.41. The van der Waals surface area contributed by atoms with E-state index >= 15 is 0 Å². The molecule has 0 amide bonds. The zero-order chi connectivity index (χ0) is 20.4. The van der Waals surface area contributed by atoms with Crippen LogP contribution in [0.1, 0.15) is 10.4 Å². The number of carbonyl (C=O) groups is 2. The summed E-state index contributed by atoms with van der Waals surface area (Å²) in [4.78, 5) is 28.2. The lowest BCUT2D eigenvalue weighted by atomic mass is 9.98. The first-order valence-corrected chi connectivity index (χ1v) is 9.03. The van der Waals surface area contributed by atoms with Gasteiger partial charge < -0.3 is 14.4 Å². The van der Waals surface area contributed by atoms with Crippen molar-refractivity contribution in [3.8, 4) is 22.4 Å². The lowest BCUT2D eigenvalue weighted by molar-refractivity contribution is -0.137. The number of esters is 1. The van der Waals surface area contributed by atoms with Gasteiger partial charge in [-0.05, 0) is 17.2 Å². The molecule has 0 bridgehead atoms. The average Bonchev–Trinajstić information content (AvgIpc) is 3.07. The summed E-state index contributed by atoms with van der Waals surface area (Å²) >= 11 is 0. The SMILES string of the molecule is COC(=O)c1cnc2c(c1)c(-c1ccccc1)c(-c1ccccc1)n2CC(=O)O. The summed E-state index contributed by atoms with van der Waals surface area (Å²) in [5.41, 5.74) is 4.14. The molecule has 6 nitrogen and oxygen atoms in total. The molecular weight excluding hydrogens is 368 g/mol. The largest absolute Gasteiger partial charge is 0.480 e. The Morgan fingerprint density at radius 1 is 1.00 bits per heavy atom. The van der Waals surface area contributed by atoms with E-state index in [4.69, 9.17) is 4.74 Å². The minimum atomic E-state index is -0.975. The topological polar surface area (TPSA) is 81.4 Å². The quantitative estimate of drug-likeness (QED) is 0.519. The Kier molecular flexibility index (Phi) is 4.83. The molecule has 2 aromatic heterocycles. The van der Waals surface area contributed by atoms with Crippen LogP contribution < -0.4 is 0 Å². The van der Waals surface area contributed by atoms with Crippen molar-refractivity contribution < 1.29 is 19.4 Å². The average molecular weight is 386 g/mol. The van der Waals surface area contributed by atoms with Gasteiger partial charge in [-0.15, -0.1) is 0 Å². The van der Waals surface area contributed by atoms with E-state index in [1.54, 1.807) is 10.6 Å². The molecule has 2 aromatic carbocycles. The van der Waals surface area contributed by atoms with Crippen LogP contribution in [0.15, 0.2) is 72.9 Å². The number of aliphatic carboxylic acids is 1. The molecule has 0 saturated carbocycles. The minimum absolute atomic E-state index is 0.252. The Bertz CT molecular complexity index is 1200. The number of aromatic nitrogens is 2. The Labute approximate surface area is 167 Å². The van der Waals surface area contributed by atoms with Gasteiger partial charge >= 0.3 is 11.9 Å². The number of nitrogens with zero attached hydrogens (tertiary/aromatic N) is 2. The number of carbonyl (C=O) groups excluding carboxylic acids is 1. The van der Waals surface area contributed by atoms with Gasteiger partial charge in [-0.1, -0.05) is 60.7 Å². The lowest BCUT2D eigenvalue weighted by Gasteiger charge is -2.10. The van der Waals surface area contributed by atoms with Gasteiger partial charge in [-0.3, -0.25) is 4.79 Å². The van der Waals surface area contributed by atoms with Crippen molar-refractivity contribution in [1.82, 2.24) is 9.55 Å². The van der Waals surface area contributed by atoms with Crippen LogP contribution >= 0.6 is 0 Å². The maximum atomic E-state index is 12.1. The van der Waals surface area contributed by atoms with E-state index in [9.17, 15) is 14.7 Å². The first kappa shape index (κ1) is 18.4. The molecule has 0 atom stereocenters. The third-order valence-electron chi connectivity index (χ3n) is 4.72. The molecule has 1 N–H and O–H groups in total. The Morgan fingerprint density at radius 3 is 2.21 bits per heavy atom. The summed E-state index contributed by atoms with van der Waals surface area (Å²) in [5, 5.41) is 10.2. The molecule has 0 aliphatic carbocycles. The van der Waals surface area contributed by atoms with Gasteiger partial charge in [-0.25, -0.2) is 9.78 Å². The second-order valence-electron chi connectivity index (χ2n) is 6.52. The van der Waals surface area contributed by atoms with Crippen LogP contribution in [0.5, 0.6) is 0 Å². The van der Waals surface area contributed by atoms with Crippen molar-refractivity contribution in [2.45, 2.75) is 6.54 Å². The van der Waals surface area contributed by atoms with E-state index in [0.29, 0.717) is 16.6 Å². The van der Waals surface area contributed by atoms with Crippen LogP contribution in [0.25, 0.3) is 33.4 Å². The predicted molar refractivity (Wildman–Crippen MR) is 110 cm³/mol. The molecule has 144 valence electrons. The van der Waals surface area contributed by atoms with Crippen LogP contribution in [0, 0.1) is 0 Å². The highest BCUT2D eigenvalue weighted by atomic mass is 16.5. The van der Waals surface area contributed by atoms with E-state index in [1.165, 1.54) is 13.3 Å². The van der Waals surface area contributed by atoms with Gasteiger partial charge in [0.25, 0.3) is 0 Å². The Balaban J connectivity index is 2.14. The molecule has 2 heterocycles.